The highest BCUT2D eigenvalue weighted by molar-refractivity contribution is 5.77. The Morgan fingerprint density at radius 1 is 1.13 bits per heavy atom. The molecule has 4 N–H and O–H groups in total. The predicted molar refractivity (Wildman–Crippen MR) is 93.9 cm³/mol. The molecule has 0 aliphatic carbocycles. The van der Waals surface area contributed by atoms with Gasteiger partial charge in [0.05, 0.1) is 6.61 Å². The molecule has 0 saturated carbocycles. The van der Waals surface area contributed by atoms with Gasteiger partial charge in [0, 0.05) is 19.8 Å². The van der Waals surface area contributed by atoms with Crippen LogP contribution in [0.15, 0.2) is 30.6 Å². The van der Waals surface area contributed by atoms with Crippen molar-refractivity contribution in [3.05, 3.63) is 30.6 Å². The molecule has 1 aromatic carbocycles. The van der Waals surface area contributed by atoms with Crippen LogP contribution in [-0.2, 0) is 0 Å². The van der Waals surface area contributed by atoms with E-state index in [1.807, 2.05) is 38.4 Å². The van der Waals surface area contributed by atoms with E-state index in [1.54, 1.807) is 5.01 Å². The lowest BCUT2D eigenvalue weighted by atomic mass is 10.3. The number of hydrogen-bond donors (Lipinski definition) is 3. The average molecular weight is 316 g/mol. The van der Waals surface area contributed by atoms with Gasteiger partial charge in [-0.25, -0.2) is 15.0 Å². The molecule has 7 nitrogen and oxygen atoms in total. The second-order valence-corrected chi connectivity index (χ2v) is 5.34. The van der Waals surface area contributed by atoms with Crippen LogP contribution in [0.4, 0.5) is 23.0 Å². The highest BCUT2D eigenvalue weighted by atomic mass is 16.5. The summed E-state index contributed by atoms with van der Waals surface area (Å²) in [6.45, 7) is 2.88. The largest absolute Gasteiger partial charge is 0.494 e. The minimum Gasteiger partial charge on any atom is -0.494 e. The minimum absolute atomic E-state index is 0.462. The topological polar surface area (TPSA) is 88.3 Å². The molecule has 0 spiro atoms. The van der Waals surface area contributed by atoms with Crippen LogP contribution >= 0.6 is 0 Å². The van der Waals surface area contributed by atoms with Crippen LogP contribution in [-0.4, -0.2) is 35.7 Å². The third-order valence-electron chi connectivity index (χ3n) is 3.10. The smallest absolute Gasteiger partial charge is 0.169 e. The van der Waals surface area contributed by atoms with E-state index in [1.165, 1.54) is 6.33 Å². The van der Waals surface area contributed by atoms with Crippen LogP contribution in [0.5, 0.6) is 5.75 Å². The molecule has 0 aliphatic heterocycles. The summed E-state index contributed by atoms with van der Waals surface area (Å²) in [7, 11) is 3.73. The van der Waals surface area contributed by atoms with Gasteiger partial charge in [0.25, 0.3) is 0 Å². The summed E-state index contributed by atoms with van der Waals surface area (Å²) >= 11 is 0. The summed E-state index contributed by atoms with van der Waals surface area (Å²) in [5, 5.41) is 4.96. The quantitative estimate of drug-likeness (QED) is 0.510. The number of nitrogens with two attached hydrogens (primary N) is 1. The molecular weight excluding hydrogens is 292 g/mol. The van der Waals surface area contributed by atoms with Gasteiger partial charge in [-0.1, -0.05) is 13.3 Å². The first kappa shape index (κ1) is 16.8. The van der Waals surface area contributed by atoms with Gasteiger partial charge in [-0.05, 0) is 30.7 Å². The van der Waals surface area contributed by atoms with Crippen LogP contribution in [0, 0.1) is 0 Å². The maximum atomic E-state index is 6.09. The molecule has 1 aromatic heterocycles. The number of nitrogens with one attached hydrogen (secondary N) is 2. The molecule has 7 heteroatoms. The molecule has 2 aromatic rings. The van der Waals surface area contributed by atoms with E-state index in [-0.39, 0.29) is 0 Å². The zero-order valence-corrected chi connectivity index (χ0v) is 13.8. The summed E-state index contributed by atoms with van der Waals surface area (Å²) < 4.78 is 5.64. The number of ether oxygens (including phenoxy) is 1. The van der Waals surface area contributed by atoms with Gasteiger partial charge in [-0.2, -0.15) is 0 Å². The van der Waals surface area contributed by atoms with Gasteiger partial charge in [0.2, 0.25) is 0 Å². The molecule has 0 aliphatic rings. The molecule has 23 heavy (non-hydrogen) atoms. The number of hydrazine groups is 1. The fraction of sp³-hybridized carbons (Fsp3) is 0.375. The fourth-order valence-corrected chi connectivity index (χ4v) is 1.90. The summed E-state index contributed by atoms with van der Waals surface area (Å²) in [6.07, 6.45) is 3.64. The van der Waals surface area contributed by atoms with E-state index >= 15 is 0 Å². The third kappa shape index (κ3) is 5.00. The van der Waals surface area contributed by atoms with Gasteiger partial charge < -0.3 is 21.2 Å². The van der Waals surface area contributed by atoms with Gasteiger partial charge in [0.15, 0.2) is 11.6 Å². The Kier molecular flexibility index (Phi) is 5.99. The predicted octanol–water partition coefficient (Wildman–Crippen LogP) is 2.87. The van der Waals surface area contributed by atoms with Crippen LogP contribution in [0.1, 0.15) is 19.8 Å². The van der Waals surface area contributed by atoms with E-state index in [4.69, 9.17) is 10.5 Å². The van der Waals surface area contributed by atoms with Crippen molar-refractivity contribution in [2.75, 3.05) is 37.2 Å². The lowest BCUT2D eigenvalue weighted by Crippen LogP contribution is -2.21. The van der Waals surface area contributed by atoms with Crippen molar-refractivity contribution >= 4 is 23.0 Å². The Balaban J connectivity index is 2.04. The molecule has 0 radical (unpaired) electrons. The van der Waals surface area contributed by atoms with Gasteiger partial charge >= 0.3 is 0 Å². The normalized spacial score (nSPS) is 10.6. The second-order valence-electron chi connectivity index (χ2n) is 5.34. The first-order chi connectivity index (χ1) is 11.1. The Bertz CT molecular complexity index is 614. The van der Waals surface area contributed by atoms with Crippen molar-refractivity contribution in [3.8, 4) is 5.75 Å². The molecule has 0 atom stereocenters. The molecule has 0 fully saturated rings. The maximum Gasteiger partial charge on any atom is 0.169 e. The van der Waals surface area contributed by atoms with Crippen molar-refractivity contribution in [2.45, 2.75) is 19.8 Å². The first-order valence-corrected chi connectivity index (χ1v) is 7.64. The Morgan fingerprint density at radius 3 is 2.48 bits per heavy atom. The monoisotopic (exact) mass is 316 g/mol. The van der Waals surface area contributed by atoms with Crippen LogP contribution in [0.2, 0.25) is 0 Å². The van der Waals surface area contributed by atoms with E-state index < -0.39 is 0 Å². The Hall–Kier alpha value is -2.54. The number of unbranched alkanes of at least 4 members (excludes halogenated alkanes) is 1. The fourth-order valence-electron chi connectivity index (χ4n) is 1.90. The highest BCUT2D eigenvalue weighted by Crippen LogP contribution is 2.26. The van der Waals surface area contributed by atoms with E-state index in [9.17, 15) is 0 Å². The summed E-state index contributed by atoms with van der Waals surface area (Å²) in [6, 6.07) is 7.71. The van der Waals surface area contributed by atoms with Crippen molar-refractivity contribution in [2.24, 2.45) is 0 Å². The van der Waals surface area contributed by atoms with Crippen molar-refractivity contribution in [1.29, 1.82) is 0 Å². The molecule has 1 heterocycles. The Labute approximate surface area is 136 Å². The standard InChI is InChI=1S/C16H24N6O/c1-4-5-10-23-13-8-6-12(7-9-13)20-15-14(17)16(19-11-18-15)21-22(2)3/h6-9,11H,4-5,10,17H2,1-3H3,(H2,18,19,20,21). The molecule has 2 rings (SSSR count). The third-order valence-corrected chi connectivity index (χ3v) is 3.10. The number of hydrogen-bond acceptors (Lipinski definition) is 7. The minimum atomic E-state index is 0.462. The number of benzene rings is 1. The molecule has 0 saturated heterocycles. The number of rotatable bonds is 8. The van der Waals surface area contributed by atoms with Crippen molar-refractivity contribution in [1.82, 2.24) is 15.0 Å². The molecule has 124 valence electrons. The maximum absolute atomic E-state index is 6.09. The average Bonchev–Trinajstić information content (AvgIpc) is 2.53. The summed E-state index contributed by atoms with van der Waals surface area (Å²) in [4.78, 5) is 8.32. The van der Waals surface area contributed by atoms with Crippen LogP contribution in [0.3, 0.4) is 0 Å². The zero-order valence-electron chi connectivity index (χ0n) is 13.8. The number of aromatic nitrogens is 2. The summed E-state index contributed by atoms with van der Waals surface area (Å²) in [5.74, 6) is 1.98. The highest BCUT2D eigenvalue weighted by Gasteiger charge is 2.08. The van der Waals surface area contributed by atoms with E-state index in [0.717, 1.165) is 30.9 Å². The molecule has 0 amide bonds. The van der Waals surface area contributed by atoms with Crippen LogP contribution < -0.4 is 21.2 Å². The number of nitrogens with zero attached hydrogens (tertiary/aromatic N) is 3. The van der Waals surface area contributed by atoms with Crippen LogP contribution in [0.25, 0.3) is 0 Å². The molecule has 0 unspecified atom stereocenters. The van der Waals surface area contributed by atoms with Gasteiger partial charge in [-0.15, -0.1) is 0 Å². The number of anilines is 4. The SMILES string of the molecule is CCCCOc1ccc(Nc2ncnc(NN(C)C)c2N)cc1. The second kappa shape index (κ2) is 8.19. The molecular formula is C16H24N6O. The lowest BCUT2D eigenvalue weighted by Gasteiger charge is -2.16. The summed E-state index contributed by atoms with van der Waals surface area (Å²) in [5.41, 5.74) is 10.5. The molecule has 0 bridgehead atoms. The Morgan fingerprint density at radius 2 is 1.83 bits per heavy atom. The van der Waals surface area contributed by atoms with E-state index in [0.29, 0.717) is 17.3 Å². The van der Waals surface area contributed by atoms with Crippen molar-refractivity contribution in [3.63, 3.8) is 0 Å². The lowest BCUT2D eigenvalue weighted by molar-refractivity contribution is 0.309. The first-order valence-electron chi connectivity index (χ1n) is 7.64. The van der Waals surface area contributed by atoms with Crippen molar-refractivity contribution < 1.29 is 4.74 Å². The zero-order chi connectivity index (χ0) is 16.7. The number of nitrogen functional groups attached to an aromatic ring is 1. The van der Waals surface area contributed by atoms with Gasteiger partial charge in [0.1, 0.15) is 17.8 Å². The van der Waals surface area contributed by atoms with Gasteiger partial charge in [-0.3, -0.25) is 0 Å². The van der Waals surface area contributed by atoms with E-state index in [2.05, 4.69) is 27.6 Å².